The van der Waals surface area contributed by atoms with Crippen molar-refractivity contribution in [2.24, 2.45) is 5.41 Å². The van der Waals surface area contributed by atoms with Gasteiger partial charge < -0.3 is 24.6 Å². The lowest BCUT2D eigenvalue weighted by Gasteiger charge is -2.43. The summed E-state index contributed by atoms with van der Waals surface area (Å²) in [6.07, 6.45) is 10.2. The van der Waals surface area contributed by atoms with Crippen molar-refractivity contribution in [3.63, 3.8) is 0 Å². The Kier molecular flexibility index (Phi) is 9.44. The smallest absolute Gasteiger partial charge is 0.325 e. The van der Waals surface area contributed by atoms with Crippen molar-refractivity contribution >= 4 is 11.8 Å². The highest BCUT2D eigenvalue weighted by Crippen LogP contribution is 2.45. The third-order valence-corrected chi connectivity index (χ3v) is 9.87. The van der Waals surface area contributed by atoms with Crippen LogP contribution in [0.4, 0.5) is 5.82 Å². The number of aliphatic carboxylic acids is 1. The molecule has 228 valence electrons. The second-order valence-corrected chi connectivity index (χ2v) is 12.9. The molecule has 8 heteroatoms. The molecule has 0 aliphatic carbocycles. The van der Waals surface area contributed by atoms with Crippen LogP contribution in [0.25, 0.3) is 0 Å². The van der Waals surface area contributed by atoms with Gasteiger partial charge in [0, 0.05) is 45.1 Å². The van der Waals surface area contributed by atoms with Gasteiger partial charge in [-0.05, 0) is 99.3 Å². The monoisotopic (exact) mass is 577 g/mol. The molecule has 3 atom stereocenters. The Labute approximate surface area is 250 Å². The van der Waals surface area contributed by atoms with Crippen LogP contribution in [0.3, 0.4) is 0 Å². The molecule has 3 saturated heterocycles. The summed E-state index contributed by atoms with van der Waals surface area (Å²) < 4.78 is 18.3. The molecule has 1 aromatic heterocycles. The van der Waals surface area contributed by atoms with Crippen molar-refractivity contribution in [1.29, 1.82) is 0 Å². The number of carboxylic acid groups (broad SMARTS) is 1. The number of aryl methyl sites for hydroxylation is 3. The third-order valence-electron chi connectivity index (χ3n) is 9.87. The van der Waals surface area contributed by atoms with Gasteiger partial charge in [0.1, 0.15) is 11.9 Å². The van der Waals surface area contributed by atoms with Crippen LogP contribution in [0.15, 0.2) is 30.3 Å². The van der Waals surface area contributed by atoms with E-state index in [1.54, 1.807) is 0 Å². The van der Waals surface area contributed by atoms with Gasteiger partial charge in [0.15, 0.2) is 0 Å². The predicted octanol–water partition coefficient (Wildman–Crippen LogP) is 5.64. The lowest BCUT2D eigenvalue weighted by Crippen LogP contribution is -2.39. The lowest BCUT2D eigenvalue weighted by molar-refractivity contribution is -0.143. The first kappa shape index (κ1) is 29.5. The number of aromatic nitrogens is 1. The molecule has 1 aromatic carbocycles. The van der Waals surface area contributed by atoms with E-state index in [9.17, 15) is 9.90 Å². The molecule has 4 aliphatic rings. The van der Waals surface area contributed by atoms with Crippen molar-refractivity contribution in [3.8, 4) is 0 Å². The Morgan fingerprint density at radius 3 is 2.88 bits per heavy atom. The van der Waals surface area contributed by atoms with Gasteiger partial charge in [-0.3, -0.25) is 9.69 Å². The molecule has 0 amide bonds. The standard InChI is InChI=1S/C34H47N3O5/c1-24-7-10-28(30-11-13-34(23-42-30)14-19-40-20-15-34)29(21-24)31(33(38)39)37-17-12-27(22-37)41-18-3-2-6-26-9-8-25-5-4-16-35-32(25)36-26/h7-10,21,27,30-31H,2-6,11-20,22-23H2,1H3,(H,35,36)(H,38,39)/t27-,30+,31-/m1/s1. The zero-order valence-corrected chi connectivity index (χ0v) is 25.1. The van der Waals surface area contributed by atoms with Gasteiger partial charge in [-0.25, -0.2) is 4.98 Å². The van der Waals surface area contributed by atoms with Crippen molar-refractivity contribution in [2.75, 3.05) is 51.4 Å². The number of likely N-dealkylation sites (tertiary alicyclic amines) is 1. The van der Waals surface area contributed by atoms with Gasteiger partial charge in [-0.15, -0.1) is 0 Å². The SMILES string of the molecule is Cc1ccc([C@@H]2CCC3(CCOCC3)CO2)c([C@H](C(=O)O)N2CC[C@@H](OCCCCc3ccc4c(n3)NCCC4)C2)c1. The Bertz CT molecular complexity index is 1220. The van der Waals surface area contributed by atoms with Gasteiger partial charge in [-0.2, -0.15) is 0 Å². The number of hydrogen-bond donors (Lipinski definition) is 2. The first-order valence-corrected chi connectivity index (χ1v) is 16.1. The molecule has 5 heterocycles. The largest absolute Gasteiger partial charge is 0.480 e. The number of nitrogens with zero attached hydrogens (tertiary/aromatic N) is 2. The molecule has 2 aromatic rings. The van der Waals surface area contributed by atoms with E-state index in [2.05, 4.69) is 40.5 Å². The fraction of sp³-hybridized carbons (Fsp3) is 0.647. The summed E-state index contributed by atoms with van der Waals surface area (Å²) in [5, 5.41) is 13.9. The highest BCUT2D eigenvalue weighted by atomic mass is 16.5. The van der Waals surface area contributed by atoms with Crippen molar-refractivity contribution in [2.45, 2.75) is 89.4 Å². The van der Waals surface area contributed by atoms with Crippen molar-refractivity contribution in [3.05, 3.63) is 58.3 Å². The minimum atomic E-state index is -0.800. The predicted molar refractivity (Wildman–Crippen MR) is 162 cm³/mol. The minimum absolute atomic E-state index is 0.0606. The molecule has 0 bridgehead atoms. The Morgan fingerprint density at radius 2 is 2.07 bits per heavy atom. The zero-order chi connectivity index (χ0) is 28.9. The summed E-state index contributed by atoms with van der Waals surface area (Å²) in [7, 11) is 0. The fourth-order valence-electron chi connectivity index (χ4n) is 7.32. The van der Waals surface area contributed by atoms with Gasteiger partial charge in [0.25, 0.3) is 0 Å². The number of anilines is 1. The highest BCUT2D eigenvalue weighted by molar-refractivity contribution is 5.76. The average Bonchev–Trinajstić information content (AvgIpc) is 3.46. The van der Waals surface area contributed by atoms with E-state index in [-0.39, 0.29) is 17.6 Å². The van der Waals surface area contributed by atoms with Gasteiger partial charge >= 0.3 is 5.97 Å². The first-order chi connectivity index (χ1) is 20.5. The normalized spacial score (nSPS) is 24.7. The number of hydrogen-bond acceptors (Lipinski definition) is 7. The number of benzene rings is 1. The maximum Gasteiger partial charge on any atom is 0.325 e. The van der Waals surface area contributed by atoms with Gasteiger partial charge in [0.05, 0.1) is 18.8 Å². The minimum Gasteiger partial charge on any atom is -0.480 e. The van der Waals surface area contributed by atoms with Crippen LogP contribution in [-0.2, 0) is 31.8 Å². The second kappa shape index (κ2) is 13.4. The molecule has 42 heavy (non-hydrogen) atoms. The van der Waals surface area contributed by atoms with Crippen LogP contribution < -0.4 is 5.32 Å². The van der Waals surface area contributed by atoms with Crippen LogP contribution in [0.1, 0.15) is 91.5 Å². The fourth-order valence-corrected chi connectivity index (χ4v) is 7.32. The summed E-state index contributed by atoms with van der Waals surface area (Å²) >= 11 is 0. The van der Waals surface area contributed by atoms with Crippen LogP contribution in [0, 0.1) is 12.3 Å². The van der Waals surface area contributed by atoms with Crippen LogP contribution >= 0.6 is 0 Å². The number of pyridine rings is 1. The molecule has 0 unspecified atom stereocenters. The van der Waals surface area contributed by atoms with E-state index in [1.807, 2.05) is 6.92 Å². The van der Waals surface area contributed by atoms with Crippen LogP contribution in [0.2, 0.25) is 0 Å². The molecular formula is C34H47N3O5. The average molecular weight is 578 g/mol. The third kappa shape index (κ3) is 6.83. The molecular weight excluding hydrogens is 530 g/mol. The topological polar surface area (TPSA) is 93.2 Å². The van der Waals surface area contributed by atoms with Crippen LogP contribution in [-0.4, -0.2) is 73.1 Å². The zero-order valence-electron chi connectivity index (χ0n) is 25.1. The van der Waals surface area contributed by atoms with E-state index in [1.165, 1.54) is 12.0 Å². The summed E-state index contributed by atoms with van der Waals surface area (Å²) in [6, 6.07) is 9.94. The summed E-state index contributed by atoms with van der Waals surface area (Å²) in [4.78, 5) is 19.7. The molecule has 6 rings (SSSR count). The second-order valence-electron chi connectivity index (χ2n) is 12.9. The van der Waals surface area contributed by atoms with Crippen LogP contribution in [0.5, 0.6) is 0 Å². The molecule has 4 aliphatic heterocycles. The summed E-state index contributed by atoms with van der Waals surface area (Å²) in [5.41, 5.74) is 5.67. The van der Waals surface area contributed by atoms with Gasteiger partial charge in [-0.1, -0.05) is 29.8 Å². The van der Waals surface area contributed by atoms with E-state index >= 15 is 0 Å². The van der Waals surface area contributed by atoms with Crippen molar-refractivity contribution in [1.82, 2.24) is 9.88 Å². The molecule has 0 radical (unpaired) electrons. The van der Waals surface area contributed by atoms with Crippen molar-refractivity contribution < 1.29 is 24.1 Å². The maximum absolute atomic E-state index is 12.8. The summed E-state index contributed by atoms with van der Waals surface area (Å²) in [6.45, 7) is 7.45. The number of nitrogens with one attached hydrogen (secondary N) is 1. The number of carboxylic acids is 1. The van der Waals surface area contributed by atoms with E-state index in [0.717, 1.165) is 119 Å². The van der Waals surface area contributed by atoms with E-state index in [4.69, 9.17) is 19.2 Å². The first-order valence-electron chi connectivity index (χ1n) is 16.1. The Balaban J connectivity index is 1.02. The molecule has 3 fully saturated rings. The number of fused-ring (bicyclic) bond motifs is 1. The molecule has 2 N–H and O–H groups in total. The molecule has 8 nitrogen and oxygen atoms in total. The quantitative estimate of drug-likeness (QED) is 0.351. The molecule has 0 saturated carbocycles. The summed E-state index contributed by atoms with van der Waals surface area (Å²) in [5.74, 6) is 0.260. The molecule has 1 spiro atoms. The van der Waals surface area contributed by atoms with E-state index < -0.39 is 12.0 Å². The number of unbranched alkanes of at least 4 members (excludes halogenated alkanes) is 1. The Hall–Kier alpha value is -2.52. The maximum atomic E-state index is 12.8. The number of ether oxygens (including phenoxy) is 3. The van der Waals surface area contributed by atoms with Gasteiger partial charge in [0.2, 0.25) is 0 Å². The number of rotatable bonds is 10. The van der Waals surface area contributed by atoms with E-state index in [0.29, 0.717) is 13.2 Å². The lowest BCUT2D eigenvalue weighted by atomic mass is 9.74. The highest BCUT2D eigenvalue weighted by Gasteiger charge is 2.40. The Morgan fingerprint density at radius 1 is 1.19 bits per heavy atom. The number of carbonyl (C=O) groups is 1.